The molecule has 1 aromatic carbocycles. The molecule has 0 saturated carbocycles. The minimum absolute atomic E-state index is 0.0308. The molecule has 0 saturated heterocycles. The maximum atomic E-state index is 12.0. The summed E-state index contributed by atoms with van der Waals surface area (Å²) in [6.07, 6.45) is 1.56. The van der Waals surface area contributed by atoms with Gasteiger partial charge in [0.25, 0.3) is 0 Å². The Morgan fingerprint density at radius 2 is 1.90 bits per heavy atom. The number of hydrogen-bond donors (Lipinski definition) is 1. The minimum Gasteiger partial charge on any atom is -0.462 e. The Labute approximate surface area is 124 Å². The van der Waals surface area contributed by atoms with Crippen LogP contribution in [0.5, 0.6) is 0 Å². The van der Waals surface area contributed by atoms with Crippen molar-refractivity contribution in [3.8, 4) is 0 Å². The van der Waals surface area contributed by atoms with E-state index >= 15 is 0 Å². The van der Waals surface area contributed by atoms with E-state index in [-0.39, 0.29) is 24.0 Å². The highest BCUT2D eigenvalue weighted by molar-refractivity contribution is 6.33. The van der Waals surface area contributed by atoms with Crippen molar-refractivity contribution >= 4 is 29.2 Å². The highest BCUT2D eigenvalue weighted by Gasteiger charge is 2.16. The molecule has 0 aromatic heterocycles. The Morgan fingerprint density at radius 1 is 1.25 bits per heavy atom. The van der Waals surface area contributed by atoms with Crippen LogP contribution in [0, 0.1) is 5.92 Å². The first kappa shape index (κ1) is 16.5. The number of ether oxygens (including phenoxy) is 1. The quantitative estimate of drug-likeness (QED) is 0.810. The van der Waals surface area contributed by atoms with Crippen LogP contribution in [0.4, 0.5) is 5.69 Å². The molecule has 1 rings (SSSR count). The van der Waals surface area contributed by atoms with Crippen molar-refractivity contribution in [3.05, 3.63) is 28.8 Å². The first-order chi connectivity index (χ1) is 9.53. The lowest BCUT2D eigenvalue weighted by molar-refractivity contribution is -0.120. The second-order valence-corrected chi connectivity index (χ2v) is 4.82. The maximum absolute atomic E-state index is 12.0. The molecule has 0 unspecified atom stereocenters. The zero-order valence-corrected chi connectivity index (χ0v) is 12.8. The molecule has 1 amide bonds. The van der Waals surface area contributed by atoms with E-state index in [2.05, 4.69) is 5.32 Å². The number of hydrogen-bond acceptors (Lipinski definition) is 3. The number of nitrogens with one attached hydrogen (secondary N) is 1. The lowest BCUT2D eigenvalue weighted by Crippen LogP contribution is -2.21. The Kier molecular flexibility index (Phi) is 6.52. The van der Waals surface area contributed by atoms with Crippen LogP contribution in [0.2, 0.25) is 5.02 Å². The molecule has 0 aliphatic carbocycles. The standard InChI is InChI=1S/C15H20ClNO3/c1-4-10(5-2)14(18)17-11-7-8-13(16)12(9-11)15(19)20-6-3/h7-10H,4-6H2,1-3H3,(H,17,18). The van der Waals surface area contributed by atoms with Crippen molar-refractivity contribution in [2.75, 3.05) is 11.9 Å². The van der Waals surface area contributed by atoms with Crippen LogP contribution in [-0.4, -0.2) is 18.5 Å². The highest BCUT2D eigenvalue weighted by atomic mass is 35.5. The molecule has 4 nitrogen and oxygen atoms in total. The van der Waals surface area contributed by atoms with Crippen molar-refractivity contribution < 1.29 is 14.3 Å². The zero-order chi connectivity index (χ0) is 15.1. The van der Waals surface area contributed by atoms with Gasteiger partial charge in [0.05, 0.1) is 17.2 Å². The topological polar surface area (TPSA) is 55.4 Å². The molecule has 0 radical (unpaired) electrons. The van der Waals surface area contributed by atoms with E-state index in [0.717, 1.165) is 12.8 Å². The van der Waals surface area contributed by atoms with E-state index in [9.17, 15) is 9.59 Å². The summed E-state index contributed by atoms with van der Waals surface area (Å²) in [5.41, 5.74) is 0.810. The molecule has 5 heteroatoms. The molecule has 0 fully saturated rings. The third-order valence-electron chi connectivity index (χ3n) is 3.09. The lowest BCUT2D eigenvalue weighted by Gasteiger charge is -2.13. The first-order valence-electron chi connectivity index (χ1n) is 6.80. The Hall–Kier alpha value is -1.55. The third-order valence-corrected chi connectivity index (χ3v) is 3.42. The molecule has 1 aromatic rings. The van der Waals surface area contributed by atoms with Gasteiger partial charge in [0.1, 0.15) is 0 Å². The van der Waals surface area contributed by atoms with E-state index in [1.165, 1.54) is 0 Å². The molecular formula is C15H20ClNO3. The summed E-state index contributed by atoms with van der Waals surface area (Å²) in [4.78, 5) is 23.7. The summed E-state index contributed by atoms with van der Waals surface area (Å²) >= 11 is 5.97. The van der Waals surface area contributed by atoms with Crippen molar-refractivity contribution in [1.29, 1.82) is 0 Å². The predicted octanol–water partition coefficient (Wildman–Crippen LogP) is 3.89. The number of amides is 1. The van der Waals surface area contributed by atoms with Crippen LogP contribution in [0.3, 0.4) is 0 Å². The largest absolute Gasteiger partial charge is 0.462 e. The average molecular weight is 298 g/mol. The van der Waals surface area contributed by atoms with Crippen LogP contribution < -0.4 is 5.32 Å². The van der Waals surface area contributed by atoms with E-state index in [1.54, 1.807) is 25.1 Å². The average Bonchev–Trinajstić information content (AvgIpc) is 2.42. The van der Waals surface area contributed by atoms with Crippen LogP contribution in [0.1, 0.15) is 44.0 Å². The number of carbonyl (C=O) groups excluding carboxylic acids is 2. The smallest absolute Gasteiger partial charge is 0.339 e. The van der Waals surface area contributed by atoms with Gasteiger partial charge >= 0.3 is 5.97 Å². The summed E-state index contributed by atoms with van der Waals surface area (Å²) in [6, 6.07) is 4.79. The van der Waals surface area contributed by atoms with Crippen molar-refractivity contribution in [1.82, 2.24) is 0 Å². The van der Waals surface area contributed by atoms with Crippen LogP contribution in [0.25, 0.3) is 0 Å². The molecule has 1 N–H and O–H groups in total. The minimum atomic E-state index is -0.490. The normalized spacial score (nSPS) is 10.4. The van der Waals surface area contributed by atoms with Crippen LogP contribution in [-0.2, 0) is 9.53 Å². The highest BCUT2D eigenvalue weighted by Crippen LogP contribution is 2.22. The second-order valence-electron chi connectivity index (χ2n) is 4.42. The van der Waals surface area contributed by atoms with Crippen molar-refractivity contribution in [3.63, 3.8) is 0 Å². The van der Waals surface area contributed by atoms with Crippen molar-refractivity contribution in [2.45, 2.75) is 33.6 Å². The molecule has 20 heavy (non-hydrogen) atoms. The molecule has 0 atom stereocenters. The summed E-state index contributed by atoms with van der Waals surface area (Å²) in [5.74, 6) is -0.569. The molecule has 0 aliphatic heterocycles. The third kappa shape index (κ3) is 4.23. The monoisotopic (exact) mass is 297 g/mol. The number of rotatable bonds is 6. The molecule has 110 valence electrons. The van der Waals surface area contributed by atoms with Gasteiger partial charge in [0.15, 0.2) is 0 Å². The van der Waals surface area contributed by atoms with E-state index in [1.807, 2.05) is 13.8 Å². The zero-order valence-electron chi connectivity index (χ0n) is 12.0. The predicted molar refractivity (Wildman–Crippen MR) is 80.1 cm³/mol. The number of esters is 1. The molecular weight excluding hydrogens is 278 g/mol. The van der Waals surface area contributed by atoms with Gasteiger partial charge in [-0.1, -0.05) is 25.4 Å². The fraction of sp³-hybridized carbons (Fsp3) is 0.467. The van der Waals surface area contributed by atoms with Gasteiger partial charge in [-0.2, -0.15) is 0 Å². The Bertz CT molecular complexity index is 484. The molecule has 0 bridgehead atoms. The number of benzene rings is 1. The summed E-state index contributed by atoms with van der Waals surface area (Å²) in [7, 11) is 0. The number of halogens is 1. The fourth-order valence-corrected chi connectivity index (χ4v) is 2.07. The SMILES string of the molecule is CCOC(=O)c1cc(NC(=O)C(CC)CC)ccc1Cl. The maximum Gasteiger partial charge on any atom is 0.339 e. The fourth-order valence-electron chi connectivity index (χ4n) is 1.87. The number of anilines is 1. The van der Waals surface area contributed by atoms with Crippen LogP contribution >= 0.6 is 11.6 Å². The second kappa shape index (κ2) is 7.90. The van der Waals surface area contributed by atoms with Gasteiger partial charge in [-0.25, -0.2) is 4.79 Å². The first-order valence-corrected chi connectivity index (χ1v) is 7.18. The summed E-state index contributed by atoms with van der Waals surface area (Å²) < 4.78 is 4.92. The molecule has 0 heterocycles. The summed E-state index contributed by atoms with van der Waals surface area (Å²) in [5, 5.41) is 3.11. The van der Waals surface area contributed by atoms with Crippen molar-refractivity contribution in [2.24, 2.45) is 5.92 Å². The molecule has 0 spiro atoms. The Balaban J connectivity index is 2.90. The van der Waals surface area contributed by atoms with Gasteiger partial charge in [-0.3, -0.25) is 4.79 Å². The van der Waals surface area contributed by atoms with Gasteiger partial charge in [0, 0.05) is 11.6 Å². The number of carbonyl (C=O) groups is 2. The summed E-state index contributed by atoms with van der Waals surface area (Å²) in [6.45, 7) is 5.95. The Morgan fingerprint density at radius 3 is 2.45 bits per heavy atom. The van der Waals surface area contributed by atoms with Gasteiger partial charge in [-0.15, -0.1) is 0 Å². The van der Waals surface area contributed by atoms with E-state index in [4.69, 9.17) is 16.3 Å². The van der Waals surface area contributed by atoms with E-state index < -0.39 is 5.97 Å². The van der Waals surface area contributed by atoms with Gasteiger partial charge in [-0.05, 0) is 38.0 Å². The van der Waals surface area contributed by atoms with E-state index in [0.29, 0.717) is 10.7 Å². The lowest BCUT2D eigenvalue weighted by atomic mass is 10.0. The van der Waals surface area contributed by atoms with Gasteiger partial charge in [0.2, 0.25) is 5.91 Å². The van der Waals surface area contributed by atoms with Gasteiger partial charge < -0.3 is 10.1 Å². The van der Waals surface area contributed by atoms with Crippen LogP contribution in [0.15, 0.2) is 18.2 Å². The molecule has 0 aliphatic rings.